The number of amides is 2. The number of thiocarbonyl (C=S) groups is 1. The molecule has 0 radical (unpaired) electrons. The van der Waals surface area contributed by atoms with Gasteiger partial charge in [-0.2, -0.15) is 0 Å². The van der Waals surface area contributed by atoms with Gasteiger partial charge in [-0.05, 0) is 49.2 Å². The van der Waals surface area contributed by atoms with Crippen molar-refractivity contribution < 1.29 is 9.59 Å². The Morgan fingerprint density at radius 2 is 2.04 bits per heavy atom. The lowest BCUT2D eigenvalue weighted by Crippen LogP contribution is -2.31. The van der Waals surface area contributed by atoms with E-state index in [-0.39, 0.29) is 24.8 Å². The molecular formula is C21H19BrN2O2S2. The van der Waals surface area contributed by atoms with Crippen LogP contribution in [0.25, 0.3) is 6.08 Å². The van der Waals surface area contributed by atoms with E-state index in [0.717, 1.165) is 26.9 Å². The van der Waals surface area contributed by atoms with Crippen LogP contribution >= 0.6 is 39.9 Å². The van der Waals surface area contributed by atoms with Gasteiger partial charge < -0.3 is 5.32 Å². The van der Waals surface area contributed by atoms with E-state index < -0.39 is 0 Å². The molecule has 0 atom stereocenters. The van der Waals surface area contributed by atoms with E-state index in [0.29, 0.717) is 9.23 Å². The first kappa shape index (κ1) is 20.8. The van der Waals surface area contributed by atoms with Crippen LogP contribution in [0.3, 0.4) is 0 Å². The summed E-state index contributed by atoms with van der Waals surface area (Å²) in [4.78, 5) is 27.0. The summed E-state index contributed by atoms with van der Waals surface area (Å²) < 4.78 is 1.42. The van der Waals surface area contributed by atoms with Gasteiger partial charge in [-0.3, -0.25) is 14.5 Å². The SMILES string of the molecule is Cc1ccc(NC(=O)CCN2C(=O)/C(=C/c3cccc(Br)c3)SC2=S)c(C)c1. The van der Waals surface area contributed by atoms with Crippen molar-refractivity contribution in [1.82, 2.24) is 4.90 Å². The second kappa shape index (κ2) is 9.03. The largest absolute Gasteiger partial charge is 0.326 e. The van der Waals surface area contributed by atoms with Crippen LogP contribution in [0.1, 0.15) is 23.1 Å². The van der Waals surface area contributed by atoms with Crippen molar-refractivity contribution in [1.29, 1.82) is 0 Å². The molecule has 2 amide bonds. The Kier molecular flexibility index (Phi) is 6.69. The number of anilines is 1. The van der Waals surface area contributed by atoms with Crippen molar-refractivity contribution in [2.24, 2.45) is 0 Å². The molecule has 0 aromatic heterocycles. The first-order valence-electron chi connectivity index (χ1n) is 8.71. The highest BCUT2D eigenvalue weighted by atomic mass is 79.9. The van der Waals surface area contributed by atoms with Crippen molar-refractivity contribution in [2.45, 2.75) is 20.3 Å². The Hall–Kier alpha value is -1.96. The molecule has 144 valence electrons. The van der Waals surface area contributed by atoms with Crippen molar-refractivity contribution in [2.75, 3.05) is 11.9 Å². The van der Waals surface area contributed by atoms with Crippen LogP contribution in [0.2, 0.25) is 0 Å². The van der Waals surface area contributed by atoms with Gasteiger partial charge in [-0.15, -0.1) is 0 Å². The molecule has 0 bridgehead atoms. The minimum Gasteiger partial charge on any atom is -0.326 e. The number of nitrogens with zero attached hydrogens (tertiary/aromatic N) is 1. The number of rotatable bonds is 5. The van der Waals surface area contributed by atoms with Crippen LogP contribution in [-0.4, -0.2) is 27.6 Å². The standard InChI is InChI=1S/C21H19BrN2O2S2/c1-13-6-7-17(14(2)10-13)23-19(25)8-9-24-20(26)18(28-21(24)27)12-15-4-3-5-16(22)11-15/h3-7,10-12H,8-9H2,1-2H3,(H,23,25)/b18-12-. The third-order valence-corrected chi connectivity index (χ3v) is 6.11. The van der Waals surface area contributed by atoms with Crippen LogP contribution in [0.15, 0.2) is 51.8 Å². The van der Waals surface area contributed by atoms with Gasteiger partial charge in [0.2, 0.25) is 5.91 Å². The van der Waals surface area contributed by atoms with Gasteiger partial charge in [-0.1, -0.05) is 69.7 Å². The first-order chi connectivity index (χ1) is 13.3. The summed E-state index contributed by atoms with van der Waals surface area (Å²) in [5.74, 6) is -0.300. The van der Waals surface area contributed by atoms with E-state index in [1.807, 2.05) is 62.4 Å². The minimum atomic E-state index is -0.158. The summed E-state index contributed by atoms with van der Waals surface area (Å²) >= 11 is 10.0. The van der Waals surface area contributed by atoms with Gasteiger partial charge in [0.25, 0.3) is 5.91 Å². The molecule has 2 aromatic carbocycles. The van der Waals surface area contributed by atoms with E-state index in [1.165, 1.54) is 16.7 Å². The molecule has 7 heteroatoms. The molecule has 0 spiro atoms. The maximum Gasteiger partial charge on any atom is 0.266 e. The zero-order chi connectivity index (χ0) is 20.3. The molecule has 0 saturated carbocycles. The van der Waals surface area contributed by atoms with Crippen LogP contribution < -0.4 is 5.32 Å². The zero-order valence-electron chi connectivity index (χ0n) is 15.5. The Balaban J connectivity index is 1.62. The molecular weight excluding hydrogens is 456 g/mol. The van der Waals surface area contributed by atoms with Crippen molar-refractivity contribution in [3.8, 4) is 0 Å². The zero-order valence-corrected chi connectivity index (χ0v) is 18.7. The highest BCUT2D eigenvalue weighted by molar-refractivity contribution is 9.10. The van der Waals surface area contributed by atoms with Gasteiger partial charge in [0.1, 0.15) is 4.32 Å². The van der Waals surface area contributed by atoms with Crippen LogP contribution in [0.5, 0.6) is 0 Å². The maximum atomic E-state index is 12.7. The Morgan fingerprint density at radius 1 is 1.25 bits per heavy atom. The lowest BCUT2D eigenvalue weighted by atomic mass is 10.1. The number of halogens is 1. The normalized spacial score (nSPS) is 15.4. The average Bonchev–Trinajstić information content (AvgIpc) is 2.89. The quantitative estimate of drug-likeness (QED) is 0.471. The van der Waals surface area contributed by atoms with E-state index in [2.05, 4.69) is 21.2 Å². The molecule has 1 N–H and O–H groups in total. The molecule has 28 heavy (non-hydrogen) atoms. The maximum absolute atomic E-state index is 12.7. The monoisotopic (exact) mass is 474 g/mol. The molecule has 1 heterocycles. The number of nitrogens with one attached hydrogen (secondary N) is 1. The third-order valence-electron chi connectivity index (χ3n) is 4.24. The predicted molar refractivity (Wildman–Crippen MR) is 123 cm³/mol. The summed E-state index contributed by atoms with van der Waals surface area (Å²) in [5.41, 5.74) is 3.86. The van der Waals surface area contributed by atoms with Gasteiger partial charge in [0.05, 0.1) is 4.91 Å². The molecule has 0 aliphatic carbocycles. The highest BCUT2D eigenvalue weighted by Crippen LogP contribution is 2.33. The number of aryl methyl sites for hydroxylation is 2. The van der Waals surface area contributed by atoms with Crippen LogP contribution in [0.4, 0.5) is 5.69 Å². The lowest BCUT2D eigenvalue weighted by molar-refractivity contribution is -0.122. The van der Waals surface area contributed by atoms with E-state index >= 15 is 0 Å². The van der Waals surface area contributed by atoms with Crippen molar-refractivity contribution in [3.05, 3.63) is 68.5 Å². The van der Waals surface area contributed by atoms with Crippen LogP contribution in [0, 0.1) is 13.8 Å². The molecule has 1 aliphatic heterocycles. The topological polar surface area (TPSA) is 49.4 Å². The van der Waals surface area contributed by atoms with Crippen molar-refractivity contribution >= 4 is 67.8 Å². The second-order valence-electron chi connectivity index (χ2n) is 6.50. The number of thioether (sulfide) groups is 1. The van der Waals surface area contributed by atoms with Gasteiger partial charge in [0.15, 0.2) is 0 Å². The number of benzene rings is 2. The smallest absolute Gasteiger partial charge is 0.266 e. The molecule has 3 rings (SSSR count). The molecule has 1 aliphatic rings. The fraction of sp³-hybridized carbons (Fsp3) is 0.190. The Morgan fingerprint density at radius 3 is 2.75 bits per heavy atom. The predicted octanol–water partition coefficient (Wildman–Crippen LogP) is 5.30. The molecule has 0 unspecified atom stereocenters. The molecule has 1 saturated heterocycles. The van der Waals surface area contributed by atoms with Gasteiger partial charge in [-0.25, -0.2) is 0 Å². The number of hydrogen-bond donors (Lipinski definition) is 1. The summed E-state index contributed by atoms with van der Waals surface area (Å²) in [5, 5.41) is 2.90. The third kappa shape index (κ3) is 5.10. The summed E-state index contributed by atoms with van der Waals surface area (Å²) in [6.45, 7) is 4.23. The lowest BCUT2D eigenvalue weighted by Gasteiger charge is -2.15. The first-order valence-corrected chi connectivity index (χ1v) is 10.7. The summed E-state index contributed by atoms with van der Waals surface area (Å²) in [6.07, 6.45) is 2.00. The van der Waals surface area contributed by atoms with Gasteiger partial charge >= 0.3 is 0 Å². The van der Waals surface area contributed by atoms with Crippen LogP contribution in [-0.2, 0) is 9.59 Å². The molecule has 2 aromatic rings. The van der Waals surface area contributed by atoms with Crippen molar-refractivity contribution in [3.63, 3.8) is 0 Å². The molecule has 4 nitrogen and oxygen atoms in total. The van der Waals surface area contributed by atoms with E-state index in [1.54, 1.807) is 0 Å². The van der Waals surface area contributed by atoms with E-state index in [9.17, 15) is 9.59 Å². The fourth-order valence-electron chi connectivity index (χ4n) is 2.82. The van der Waals surface area contributed by atoms with E-state index in [4.69, 9.17) is 12.2 Å². The number of carbonyl (C=O) groups excluding carboxylic acids is 2. The molecule has 1 fully saturated rings. The number of hydrogen-bond acceptors (Lipinski definition) is 4. The minimum absolute atomic E-state index is 0.142. The highest BCUT2D eigenvalue weighted by Gasteiger charge is 2.32. The number of carbonyl (C=O) groups is 2. The Labute approximate surface area is 182 Å². The summed E-state index contributed by atoms with van der Waals surface area (Å²) in [7, 11) is 0. The van der Waals surface area contributed by atoms with Gasteiger partial charge in [0, 0.05) is 23.1 Å². The summed E-state index contributed by atoms with van der Waals surface area (Å²) in [6, 6.07) is 13.6. The Bertz CT molecular complexity index is 988. The second-order valence-corrected chi connectivity index (χ2v) is 9.10. The average molecular weight is 475 g/mol. The fourth-order valence-corrected chi connectivity index (χ4v) is 4.55.